The topological polar surface area (TPSA) is 42.0 Å². The van der Waals surface area contributed by atoms with Crippen LogP contribution in [-0.2, 0) is 11.2 Å². The van der Waals surface area contributed by atoms with Gasteiger partial charge in [-0.3, -0.25) is 4.79 Å². The van der Waals surface area contributed by atoms with Gasteiger partial charge in [0.05, 0.1) is 5.69 Å². The largest absolute Gasteiger partial charge is 0.356 e. The number of nitrogens with one attached hydrogen (secondary N) is 1. The van der Waals surface area contributed by atoms with Crippen LogP contribution in [0.2, 0.25) is 0 Å². The zero-order chi connectivity index (χ0) is 16.1. The first-order valence-corrected chi connectivity index (χ1v) is 8.26. The molecule has 0 bridgehead atoms. The van der Waals surface area contributed by atoms with E-state index in [0.717, 1.165) is 27.6 Å². The third kappa shape index (κ3) is 4.63. The SMILES string of the molecule is Cc1nc(-c2cccc(F)c2)sc1CCNC(=O)CC(C)C. The van der Waals surface area contributed by atoms with Crippen LogP contribution in [0.4, 0.5) is 4.39 Å². The lowest BCUT2D eigenvalue weighted by Crippen LogP contribution is -2.26. The van der Waals surface area contributed by atoms with Crippen LogP contribution < -0.4 is 5.32 Å². The third-order valence-corrected chi connectivity index (χ3v) is 4.50. The third-order valence-electron chi connectivity index (χ3n) is 3.23. The summed E-state index contributed by atoms with van der Waals surface area (Å²) in [5.41, 5.74) is 1.74. The molecule has 0 radical (unpaired) electrons. The number of hydrogen-bond acceptors (Lipinski definition) is 3. The van der Waals surface area contributed by atoms with E-state index in [-0.39, 0.29) is 11.7 Å². The maximum absolute atomic E-state index is 13.3. The van der Waals surface area contributed by atoms with E-state index in [2.05, 4.69) is 10.3 Å². The van der Waals surface area contributed by atoms with Crippen LogP contribution in [-0.4, -0.2) is 17.4 Å². The highest BCUT2D eigenvalue weighted by atomic mass is 32.1. The summed E-state index contributed by atoms with van der Waals surface area (Å²) in [5, 5.41) is 3.75. The van der Waals surface area contributed by atoms with Crippen LogP contribution in [0.1, 0.15) is 30.8 Å². The van der Waals surface area contributed by atoms with Crippen LogP contribution >= 0.6 is 11.3 Å². The molecule has 1 N–H and O–H groups in total. The number of carbonyl (C=O) groups is 1. The lowest BCUT2D eigenvalue weighted by Gasteiger charge is -2.06. The van der Waals surface area contributed by atoms with Crippen LogP contribution in [0.25, 0.3) is 10.6 Å². The highest BCUT2D eigenvalue weighted by molar-refractivity contribution is 7.15. The minimum Gasteiger partial charge on any atom is -0.356 e. The van der Waals surface area contributed by atoms with Crippen molar-refractivity contribution in [2.45, 2.75) is 33.6 Å². The van der Waals surface area contributed by atoms with Gasteiger partial charge in [-0.25, -0.2) is 9.37 Å². The molecule has 0 fully saturated rings. The molecule has 0 aliphatic rings. The van der Waals surface area contributed by atoms with Gasteiger partial charge in [-0.1, -0.05) is 26.0 Å². The summed E-state index contributed by atoms with van der Waals surface area (Å²) in [5.74, 6) is 0.195. The summed E-state index contributed by atoms with van der Waals surface area (Å²) >= 11 is 1.56. The summed E-state index contributed by atoms with van der Waals surface area (Å²) in [4.78, 5) is 17.3. The normalized spacial score (nSPS) is 11.0. The predicted molar refractivity (Wildman–Crippen MR) is 88.4 cm³/mol. The second kappa shape index (κ2) is 7.49. The summed E-state index contributed by atoms with van der Waals surface area (Å²) in [7, 11) is 0. The second-order valence-corrected chi connectivity index (χ2v) is 6.82. The molecule has 118 valence electrons. The molecule has 1 aromatic carbocycles. The molecule has 22 heavy (non-hydrogen) atoms. The molecule has 1 aromatic heterocycles. The Morgan fingerprint density at radius 3 is 2.86 bits per heavy atom. The van der Waals surface area contributed by atoms with Crippen molar-refractivity contribution in [1.29, 1.82) is 0 Å². The fourth-order valence-corrected chi connectivity index (χ4v) is 3.22. The van der Waals surface area contributed by atoms with Gasteiger partial charge in [0.1, 0.15) is 10.8 Å². The van der Waals surface area contributed by atoms with Gasteiger partial charge in [-0.15, -0.1) is 11.3 Å². The fourth-order valence-electron chi connectivity index (χ4n) is 2.16. The quantitative estimate of drug-likeness (QED) is 0.875. The van der Waals surface area contributed by atoms with Crippen molar-refractivity contribution in [2.24, 2.45) is 5.92 Å². The number of nitrogens with zero attached hydrogens (tertiary/aromatic N) is 1. The molecule has 0 unspecified atom stereocenters. The Hall–Kier alpha value is -1.75. The van der Waals surface area contributed by atoms with Crippen LogP contribution in [0, 0.1) is 18.7 Å². The van der Waals surface area contributed by atoms with E-state index in [1.54, 1.807) is 17.4 Å². The minimum absolute atomic E-state index is 0.0857. The van der Waals surface area contributed by atoms with Crippen LogP contribution in [0.15, 0.2) is 24.3 Å². The molecule has 0 saturated carbocycles. The lowest BCUT2D eigenvalue weighted by molar-refractivity contribution is -0.121. The minimum atomic E-state index is -0.257. The van der Waals surface area contributed by atoms with Crippen LogP contribution in [0.5, 0.6) is 0 Å². The van der Waals surface area contributed by atoms with Gasteiger partial charge in [0.15, 0.2) is 0 Å². The molecule has 0 aliphatic carbocycles. The van der Waals surface area contributed by atoms with E-state index in [4.69, 9.17) is 0 Å². The van der Waals surface area contributed by atoms with E-state index in [1.165, 1.54) is 12.1 Å². The van der Waals surface area contributed by atoms with Gasteiger partial charge in [-0.2, -0.15) is 0 Å². The molecule has 1 amide bonds. The van der Waals surface area contributed by atoms with Crippen molar-refractivity contribution in [3.63, 3.8) is 0 Å². The van der Waals surface area contributed by atoms with E-state index in [0.29, 0.717) is 18.9 Å². The molecule has 5 heteroatoms. The molecule has 0 atom stereocenters. The number of aromatic nitrogens is 1. The second-order valence-electron chi connectivity index (χ2n) is 5.74. The van der Waals surface area contributed by atoms with Gasteiger partial charge in [-0.05, 0) is 25.0 Å². The van der Waals surface area contributed by atoms with Crippen molar-refractivity contribution in [2.75, 3.05) is 6.54 Å². The lowest BCUT2D eigenvalue weighted by atomic mass is 10.1. The molecule has 0 aliphatic heterocycles. The van der Waals surface area contributed by atoms with E-state index >= 15 is 0 Å². The Morgan fingerprint density at radius 2 is 2.18 bits per heavy atom. The van der Waals surface area contributed by atoms with Gasteiger partial charge >= 0.3 is 0 Å². The zero-order valence-corrected chi connectivity index (χ0v) is 14.0. The first-order chi connectivity index (χ1) is 10.5. The highest BCUT2D eigenvalue weighted by Gasteiger charge is 2.11. The molecule has 2 rings (SSSR count). The number of amides is 1. The Morgan fingerprint density at radius 1 is 1.41 bits per heavy atom. The fraction of sp³-hybridized carbons (Fsp3) is 0.412. The van der Waals surface area contributed by atoms with Gasteiger partial charge < -0.3 is 5.32 Å². The van der Waals surface area contributed by atoms with Crippen molar-refractivity contribution in [3.05, 3.63) is 40.7 Å². The summed E-state index contributed by atoms with van der Waals surface area (Å²) in [6, 6.07) is 6.46. The van der Waals surface area contributed by atoms with Crippen molar-refractivity contribution < 1.29 is 9.18 Å². The average molecular weight is 320 g/mol. The summed E-state index contributed by atoms with van der Waals surface area (Å²) in [6.45, 7) is 6.61. The van der Waals surface area contributed by atoms with E-state index in [1.807, 2.05) is 26.8 Å². The maximum atomic E-state index is 13.3. The number of thiazole rings is 1. The molecule has 2 aromatic rings. The smallest absolute Gasteiger partial charge is 0.220 e. The first-order valence-electron chi connectivity index (χ1n) is 7.44. The average Bonchev–Trinajstić information content (AvgIpc) is 2.79. The number of carbonyl (C=O) groups excluding carboxylic acids is 1. The van der Waals surface area contributed by atoms with Gasteiger partial charge in [0, 0.05) is 29.8 Å². The molecular weight excluding hydrogens is 299 g/mol. The molecule has 1 heterocycles. The number of halogens is 1. The van der Waals surface area contributed by atoms with Gasteiger partial charge in [0.25, 0.3) is 0 Å². The highest BCUT2D eigenvalue weighted by Crippen LogP contribution is 2.28. The molecule has 0 spiro atoms. The Labute approximate surface area is 134 Å². The molecule has 0 saturated heterocycles. The summed E-state index contributed by atoms with van der Waals surface area (Å²) < 4.78 is 13.3. The van der Waals surface area contributed by atoms with Crippen molar-refractivity contribution in [3.8, 4) is 10.6 Å². The number of aryl methyl sites for hydroxylation is 1. The number of rotatable bonds is 6. The number of benzene rings is 1. The van der Waals surface area contributed by atoms with Gasteiger partial charge in [0.2, 0.25) is 5.91 Å². The Bertz CT molecular complexity index is 652. The van der Waals surface area contributed by atoms with E-state index < -0.39 is 0 Å². The van der Waals surface area contributed by atoms with Crippen molar-refractivity contribution >= 4 is 17.2 Å². The maximum Gasteiger partial charge on any atom is 0.220 e. The molecular formula is C17H21FN2OS. The van der Waals surface area contributed by atoms with Crippen molar-refractivity contribution in [1.82, 2.24) is 10.3 Å². The Kier molecular flexibility index (Phi) is 5.66. The standard InChI is InChI=1S/C17H21FN2OS/c1-11(2)9-16(21)19-8-7-15-12(3)20-17(22-15)13-5-4-6-14(18)10-13/h4-6,10-11H,7-9H2,1-3H3,(H,19,21). The number of hydrogen-bond donors (Lipinski definition) is 1. The first kappa shape index (κ1) is 16.6. The van der Waals surface area contributed by atoms with Crippen LogP contribution in [0.3, 0.4) is 0 Å². The zero-order valence-electron chi connectivity index (χ0n) is 13.1. The predicted octanol–water partition coefficient (Wildman–Crippen LogP) is 3.96. The molecule has 3 nitrogen and oxygen atoms in total. The Balaban J connectivity index is 1.97. The van der Waals surface area contributed by atoms with E-state index in [9.17, 15) is 9.18 Å². The monoisotopic (exact) mass is 320 g/mol. The summed E-state index contributed by atoms with van der Waals surface area (Å²) in [6.07, 6.45) is 1.30.